The Labute approximate surface area is 103 Å². The van der Waals surface area contributed by atoms with Crippen molar-refractivity contribution in [3.05, 3.63) is 42.5 Å². The minimum atomic E-state index is -0.309. The van der Waals surface area contributed by atoms with Crippen molar-refractivity contribution in [1.82, 2.24) is 0 Å². The maximum Gasteiger partial charge on any atom is 0.338 e. The Morgan fingerprint density at radius 3 is 2.35 bits per heavy atom. The molecule has 0 aliphatic carbocycles. The lowest BCUT2D eigenvalue weighted by molar-refractivity contribution is 0.0550. The molecule has 92 valence electrons. The maximum absolute atomic E-state index is 11.5. The van der Waals surface area contributed by atoms with Crippen molar-refractivity contribution in [2.24, 2.45) is 0 Å². The van der Waals surface area contributed by atoms with Gasteiger partial charge in [0, 0.05) is 18.8 Å². The van der Waals surface area contributed by atoms with E-state index >= 15 is 0 Å². The molecule has 3 heteroatoms. The Hall–Kier alpha value is -1.77. The third-order valence-electron chi connectivity index (χ3n) is 2.56. The number of benzene rings is 1. The van der Waals surface area contributed by atoms with Gasteiger partial charge in [-0.15, -0.1) is 0 Å². The first kappa shape index (κ1) is 13.3. The molecular weight excluding hydrogens is 214 g/mol. The lowest BCUT2D eigenvalue weighted by Gasteiger charge is -2.20. The summed E-state index contributed by atoms with van der Waals surface area (Å²) in [5.74, 6) is -0.309. The summed E-state index contributed by atoms with van der Waals surface area (Å²) in [5.41, 5.74) is 1.69. The molecule has 0 spiro atoms. The first-order chi connectivity index (χ1) is 8.22. The van der Waals surface area contributed by atoms with Crippen LogP contribution in [-0.2, 0) is 4.74 Å². The van der Waals surface area contributed by atoms with Crippen molar-refractivity contribution in [2.75, 3.05) is 24.6 Å². The van der Waals surface area contributed by atoms with Crippen LogP contribution in [0, 0.1) is 0 Å². The van der Waals surface area contributed by atoms with Gasteiger partial charge < -0.3 is 9.64 Å². The highest BCUT2D eigenvalue weighted by Crippen LogP contribution is 2.15. The van der Waals surface area contributed by atoms with Crippen LogP contribution in [0.3, 0.4) is 0 Å². The van der Waals surface area contributed by atoms with Crippen LogP contribution in [-0.4, -0.2) is 25.7 Å². The summed E-state index contributed by atoms with van der Waals surface area (Å²) in [7, 11) is 0. The third-order valence-corrected chi connectivity index (χ3v) is 2.56. The molecule has 0 aliphatic rings. The fraction of sp³-hybridized carbons (Fsp3) is 0.357. The normalized spacial score (nSPS) is 9.76. The second-order valence-electron chi connectivity index (χ2n) is 3.61. The Balaban J connectivity index is 2.73. The molecule has 0 unspecified atom stereocenters. The number of hydrogen-bond acceptors (Lipinski definition) is 3. The topological polar surface area (TPSA) is 29.5 Å². The van der Waals surface area contributed by atoms with Gasteiger partial charge in [-0.05, 0) is 38.1 Å². The first-order valence-corrected chi connectivity index (χ1v) is 5.86. The number of esters is 1. The number of carbonyl (C=O) groups is 1. The molecule has 17 heavy (non-hydrogen) atoms. The van der Waals surface area contributed by atoms with E-state index in [-0.39, 0.29) is 12.6 Å². The average Bonchev–Trinajstić information content (AvgIpc) is 2.38. The molecule has 0 saturated carbocycles. The van der Waals surface area contributed by atoms with Crippen LogP contribution in [0.4, 0.5) is 5.69 Å². The van der Waals surface area contributed by atoms with Crippen molar-refractivity contribution in [3.63, 3.8) is 0 Å². The summed E-state index contributed by atoms with van der Waals surface area (Å²) in [5, 5.41) is 0. The molecule has 0 radical (unpaired) electrons. The third kappa shape index (κ3) is 3.63. The van der Waals surface area contributed by atoms with Gasteiger partial charge in [-0.25, -0.2) is 4.79 Å². The van der Waals surface area contributed by atoms with Gasteiger partial charge in [0.15, 0.2) is 0 Å². The maximum atomic E-state index is 11.5. The van der Waals surface area contributed by atoms with Crippen molar-refractivity contribution in [2.45, 2.75) is 13.8 Å². The van der Waals surface area contributed by atoms with Gasteiger partial charge in [0.25, 0.3) is 0 Å². The summed E-state index contributed by atoms with van der Waals surface area (Å²) in [6.45, 7) is 9.87. The van der Waals surface area contributed by atoms with E-state index in [0.717, 1.165) is 18.8 Å². The van der Waals surface area contributed by atoms with Gasteiger partial charge in [0.1, 0.15) is 6.61 Å². The minimum absolute atomic E-state index is 0.247. The molecule has 0 aliphatic heterocycles. The molecule has 0 aromatic heterocycles. The number of nitrogens with zero attached hydrogens (tertiary/aromatic N) is 1. The van der Waals surface area contributed by atoms with Crippen molar-refractivity contribution in [3.8, 4) is 0 Å². The molecule has 0 heterocycles. The molecule has 1 aromatic carbocycles. The molecule has 0 bridgehead atoms. The van der Waals surface area contributed by atoms with Gasteiger partial charge >= 0.3 is 5.97 Å². The molecule has 1 rings (SSSR count). The monoisotopic (exact) mass is 233 g/mol. The van der Waals surface area contributed by atoms with Crippen LogP contribution in [0.25, 0.3) is 0 Å². The zero-order valence-electron chi connectivity index (χ0n) is 10.5. The molecule has 1 aromatic rings. The average molecular weight is 233 g/mol. The van der Waals surface area contributed by atoms with E-state index < -0.39 is 0 Å². The van der Waals surface area contributed by atoms with E-state index in [9.17, 15) is 4.79 Å². The highest BCUT2D eigenvalue weighted by atomic mass is 16.5. The van der Waals surface area contributed by atoms with Crippen molar-refractivity contribution >= 4 is 11.7 Å². The number of ether oxygens (including phenoxy) is 1. The molecule has 0 N–H and O–H groups in total. The fourth-order valence-corrected chi connectivity index (χ4v) is 1.62. The Bertz CT molecular complexity index is 366. The predicted molar refractivity (Wildman–Crippen MR) is 70.5 cm³/mol. The van der Waals surface area contributed by atoms with Crippen molar-refractivity contribution < 1.29 is 9.53 Å². The van der Waals surface area contributed by atoms with E-state index in [0.29, 0.717) is 5.56 Å². The second kappa shape index (κ2) is 6.74. The largest absolute Gasteiger partial charge is 0.458 e. The molecule has 3 nitrogen and oxygen atoms in total. The Morgan fingerprint density at radius 1 is 1.29 bits per heavy atom. The van der Waals surface area contributed by atoms with E-state index in [4.69, 9.17) is 4.74 Å². The molecule has 0 fully saturated rings. The van der Waals surface area contributed by atoms with Crippen LogP contribution in [0.1, 0.15) is 24.2 Å². The first-order valence-electron chi connectivity index (χ1n) is 5.86. The van der Waals surface area contributed by atoms with E-state index in [1.54, 1.807) is 18.2 Å². The minimum Gasteiger partial charge on any atom is -0.458 e. The quantitative estimate of drug-likeness (QED) is 0.559. The summed E-state index contributed by atoms with van der Waals surface area (Å²) < 4.78 is 4.96. The van der Waals surface area contributed by atoms with Gasteiger partial charge in [-0.2, -0.15) is 0 Å². The van der Waals surface area contributed by atoms with Gasteiger partial charge in [0.05, 0.1) is 5.56 Å². The van der Waals surface area contributed by atoms with Crippen LogP contribution in [0.2, 0.25) is 0 Å². The lowest BCUT2D eigenvalue weighted by atomic mass is 10.2. The van der Waals surface area contributed by atoms with E-state index in [2.05, 4.69) is 25.3 Å². The van der Waals surface area contributed by atoms with Crippen molar-refractivity contribution in [1.29, 1.82) is 0 Å². The van der Waals surface area contributed by atoms with Gasteiger partial charge in [-0.1, -0.05) is 12.7 Å². The van der Waals surface area contributed by atoms with Crippen LogP contribution in [0.15, 0.2) is 36.9 Å². The zero-order valence-corrected chi connectivity index (χ0v) is 10.5. The second-order valence-corrected chi connectivity index (χ2v) is 3.61. The lowest BCUT2D eigenvalue weighted by Crippen LogP contribution is -2.21. The number of rotatable bonds is 6. The molecule has 0 atom stereocenters. The molecule has 0 amide bonds. The molecular formula is C14H19NO2. The predicted octanol–water partition coefficient (Wildman–Crippen LogP) is 2.88. The Kier molecular flexibility index (Phi) is 5.27. The van der Waals surface area contributed by atoms with E-state index in [1.165, 1.54) is 0 Å². The summed E-state index contributed by atoms with van der Waals surface area (Å²) in [4.78, 5) is 13.8. The fourth-order valence-electron chi connectivity index (χ4n) is 1.62. The smallest absolute Gasteiger partial charge is 0.338 e. The summed E-state index contributed by atoms with van der Waals surface area (Å²) in [6.07, 6.45) is 1.56. The zero-order chi connectivity index (χ0) is 12.7. The number of hydrogen-bond donors (Lipinski definition) is 0. The standard InChI is InChI=1S/C14H19NO2/c1-4-11-17-14(16)12-7-9-13(10-8-12)15(5-2)6-3/h4,7-10H,1,5-6,11H2,2-3H3. The summed E-state index contributed by atoms with van der Waals surface area (Å²) in [6, 6.07) is 7.47. The highest BCUT2D eigenvalue weighted by Gasteiger charge is 2.07. The van der Waals surface area contributed by atoms with E-state index in [1.807, 2.05) is 12.1 Å². The van der Waals surface area contributed by atoms with Gasteiger partial charge in [0.2, 0.25) is 0 Å². The van der Waals surface area contributed by atoms with Crippen LogP contribution >= 0.6 is 0 Å². The number of anilines is 1. The molecule has 0 saturated heterocycles. The summed E-state index contributed by atoms with van der Waals surface area (Å²) >= 11 is 0. The van der Waals surface area contributed by atoms with Crippen LogP contribution in [0.5, 0.6) is 0 Å². The Morgan fingerprint density at radius 2 is 1.88 bits per heavy atom. The number of carbonyl (C=O) groups excluding carboxylic acids is 1. The SMILES string of the molecule is C=CCOC(=O)c1ccc(N(CC)CC)cc1. The van der Waals surface area contributed by atoms with Gasteiger partial charge in [-0.3, -0.25) is 0 Å². The van der Waals surface area contributed by atoms with Crippen LogP contribution < -0.4 is 4.90 Å². The highest BCUT2D eigenvalue weighted by molar-refractivity contribution is 5.89.